The fourth-order valence-electron chi connectivity index (χ4n) is 2.17. The van der Waals surface area contributed by atoms with Gasteiger partial charge in [0, 0.05) is 4.47 Å². The Morgan fingerprint density at radius 2 is 2.11 bits per heavy atom. The summed E-state index contributed by atoms with van der Waals surface area (Å²) < 4.78 is 16.1. The Bertz CT molecular complexity index is 845. The average molecular weight is 454 g/mol. The number of terminal acetylenes is 1. The Morgan fingerprint density at radius 3 is 2.74 bits per heavy atom. The van der Waals surface area contributed by atoms with Crippen LogP contribution in [-0.4, -0.2) is 48.9 Å². The van der Waals surface area contributed by atoms with Crippen LogP contribution in [0.4, 0.5) is 4.79 Å². The van der Waals surface area contributed by atoms with Gasteiger partial charge in [0.15, 0.2) is 11.5 Å². The van der Waals surface area contributed by atoms with Crippen LogP contribution in [0.15, 0.2) is 21.5 Å². The summed E-state index contributed by atoms with van der Waals surface area (Å²) in [6.45, 7) is 1.48. The molecule has 0 N–H and O–H groups in total. The molecule has 0 unspecified atom stereocenters. The molecule has 1 heterocycles. The van der Waals surface area contributed by atoms with E-state index in [1.54, 1.807) is 19.1 Å². The largest absolute Gasteiger partial charge is 0.493 e. The van der Waals surface area contributed by atoms with Gasteiger partial charge in [-0.2, -0.15) is 0 Å². The van der Waals surface area contributed by atoms with Gasteiger partial charge >= 0.3 is 5.97 Å². The predicted octanol–water partition coefficient (Wildman–Crippen LogP) is 3.07. The molecule has 1 aliphatic heterocycles. The van der Waals surface area contributed by atoms with Gasteiger partial charge in [-0.1, -0.05) is 21.9 Å². The molecule has 1 aliphatic rings. The zero-order chi connectivity index (χ0) is 20.0. The van der Waals surface area contributed by atoms with E-state index in [2.05, 4.69) is 21.9 Å². The zero-order valence-corrected chi connectivity index (χ0v) is 17.0. The summed E-state index contributed by atoms with van der Waals surface area (Å²) in [6.07, 6.45) is 6.73. The summed E-state index contributed by atoms with van der Waals surface area (Å²) in [5, 5.41) is -0.531. The van der Waals surface area contributed by atoms with E-state index in [9.17, 15) is 14.4 Å². The van der Waals surface area contributed by atoms with Crippen LogP contribution in [0.5, 0.6) is 11.5 Å². The van der Waals surface area contributed by atoms with Crippen LogP contribution in [0.1, 0.15) is 12.5 Å². The highest BCUT2D eigenvalue weighted by Gasteiger charge is 2.36. The molecule has 2 amide bonds. The van der Waals surface area contributed by atoms with Gasteiger partial charge in [-0.05, 0) is 42.5 Å². The number of thioether (sulfide) groups is 1. The van der Waals surface area contributed by atoms with Gasteiger partial charge in [-0.25, -0.2) is 0 Å². The number of carbonyl (C=O) groups excluding carboxylic acids is 3. The van der Waals surface area contributed by atoms with Crippen LogP contribution in [-0.2, 0) is 14.3 Å². The molecular formula is C18H16BrNO6S. The minimum absolute atomic E-state index is 0.0783. The molecule has 7 nitrogen and oxygen atoms in total. The monoisotopic (exact) mass is 453 g/mol. The molecule has 0 atom stereocenters. The van der Waals surface area contributed by atoms with E-state index in [4.69, 9.17) is 20.6 Å². The normalized spacial score (nSPS) is 15.0. The fourth-order valence-corrected chi connectivity index (χ4v) is 3.43. The lowest BCUT2D eigenvalue weighted by Gasteiger charge is -2.12. The number of hydrogen-bond donors (Lipinski definition) is 0. The molecule has 0 radical (unpaired) electrons. The Hall–Kier alpha value is -2.44. The Labute approximate surface area is 169 Å². The molecule has 0 aliphatic carbocycles. The number of hydrogen-bond acceptors (Lipinski definition) is 7. The number of nitrogens with zero attached hydrogens (tertiary/aromatic N) is 1. The van der Waals surface area contributed by atoms with Crippen LogP contribution < -0.4 is 9.47 Å². The van der Waals surface area contributed by atoms with Crippen molar-refractivity contribution in [3.8, 4) is 23.8 Å². The Kier molecular flexibility index (Phi) is 7.33. The first-order chi connectivity index (χ1) is 12.9. The first kappa shape index (κ1) is 20.9. The number of rotatable bonds is 7. The number of amides is 2. The van der Waals surface area contributed by atoms with Gasteiger partial charge in [0.2, 0.25) is 0 Å². The minimum atomic E-state index is -0.640. The number of benzene rings is 1. The molecular weight excluding hydrogens is 438 g/mol. The van der Waals surface area contributed by atoms with Gasteiger partial charge in [0.05, 0.1) is 18.6 Å². The lowest BCUT2D eigenvalue weighted by molar-refractivity contribution is -0.145. The molecule has 2 rings (SSSR count). The van der Waals surface area contributed by atoms with Gasteiger partial charge in [-0.15, -0.1) is 6.42 Å². The maximum Gasteiger partial charge on any atom is 0.326 e. The van der Waals surface area contributed by atoms with Crippen molar-refractivity contribution in [2.45, 2.75) is 6.92 Å². The van der Waals surface area contributed by atoms with Crippen molar-refractivity contribution in [2.24, 2.45) is 0 Å². The molecule has 1 saturated heterocycles. The molecule has 0 aromatic heterocycles. The highest BCUT2D eigenvalue weighted by molar-refractivity contribution is 9.10. The number of imide groups is 1. The summed E-state index contributed by atoms with van der Waals surface area (Å²) in [5.74, 6) is 2.03. The average Bonchev–Trinajstić information content (AvgIpc) is 2.89. The smallest absolute Gasteiger partial charge is 0.326 e. The standard InChI is InChI=1S/C18H16BrNO6S/c1-4-6-26-14-9-12(19)11(7-13(14)24-3)8-15-17(22)20(18(23)27-15)10-16(21)25-5-2/h1,7-9H,5-6,10H2,2-3H3. The molecule has 9 heteroatoms. The van der Waals surface area contributed by atoms with Crippen LogP contribution in [0, 0.1) is 12.3 Å². The van der Waals surface area contributed by atoms with E-state index >= 15 is 0 Å². The van der Waals surface area contributed by atoms with Gasteiger partial charge < -0.3 is 14.2 Å². The number of ether oxygens (including phenoxy) is 3. The zero-order valence-electron chi connectivity index (χ0n) is 14.6. The van der Waals surface area contributed by atoms with Gasteiger partial charge in [0.25, 0.3) is 11.1 Å². The lowest BCUT2D eigenvalue weighted by Crippen LogP contribution is -2.34. The van der Waals surface area contributed by atoms with E-state index in [0.29, 0.717) is 21.5 Å². The molecule has 0 spiro atoms. The van der Waals surface area contributed by atoms with Crippen LogP contribution >= 0.6 is 27.7 Å². The minimum Gasteiger partial charge on any atom is -0.493 e. The number of methoxy groups -OCH3 is 1. The van der Waals surface area contributed by atoms with E-state index in [1.807, 2.05) is 0 Å². The molecule has 27 heavy (non-hydrogen) atoms. The van der Waals surface area contributed by atoms with Crippen molar-refractivity contribution in [3.05, 3.63) is 27.1 Å². The quantitative estimate of drug-likeness (QED) is 0.356. The number of esters is 1. The maximum absolute atomic E-state index is 12.4. The topological polar surface area (TPSA) is 82.1 Å². The third-order valence-electron chi connectivity index (χ3n) is 3.35. The molecule has 142 valence electrons. The summed E-state index contributed by atoms with van der Waals surface area (Å²) in [7, 11) is 1.48. The number of carbonyl (C=O) groups is 3. The number of halogens is 1. The third-order valence-corrected chi connectivity index (χ3v) is 4.94. The first-order valence-electron chi connectivity index (χ1n) is 7.76. The fraction of sp³-hybridized carbons (Fsp3) is 0.278. The van der Waals surface area contributed by atoms with Crippen molar-refractivity contribution in [3.63, 3.8) is 0 Å². The van der Waals surface area contributed by atoms with E-state index in [-0.39, 0.29) is 18.1 Å². The highest BCUT2D eigenvalue weighted by atomic mass is 79.9. The summed E-state index contributed by atoms with van der Waals surface area (Å²) in [6, 6.07) is 3.31. The SMILES string of the molecule is C#CCOc1cc(Br)c(C=C2SC(=O)N(CC(=O)OCC)C2=O)cc1OC. The summed E-state index contributed by atoms with van der Waals surface area (Å²) in [5.41, 5.74) is 0.599. The lowest BCUT2D eigenvalue weighted by atomic mass is 10.2. The maximum atomic E-state index is 12.4. The van der Waals surface area contributed by atoms with Crippen molar-refractivity contribution in [2.75, 3.05) is 26.9 Å². The molecule has 1 aromatic rings. The first-order valence-corrected chi connectivity index (χ1v) is 9.37. The van der Waals surface area contributed by atoms with Crippen molar-refractivity contribution in [1.29, 1.82) is 0 Å². The van der Waals surface area contributed by atoms with E-state index in [0.717, 1.165) is 16.7 Å². The van der Waals surface area contributed by atoms with E-state index < -0.39 is 23.7 Å². The summed E-state index contributed by atoms with van der Waals surface area (Å²) in [4.78, 5) is 37.1. The van der Waals surface area contributed by atoms with Gasteiger partial charge in [-0.3, -0.25) is 19.3 Å². The van der Waals surface area contributed by atoms with E-state index in [1.165, 1.54) is 13.2 Å². The highest BCUT2D eigenvalue weighted by Crippen LogP contribution is 2.37. The Morgan fingerprint density at radius 1 is 1.37 bits per heavy atom. The molecule has 1 fully saturated rings. The van der Waals surface area contributed by atoms with Crippen LogP contribution in [0.2, 0.25) is 0 Å². The molecule has 0 bridgehead atoms. The molecule has 0 saturated carbocycles. The molecule has 1 aromatic carbocycles. The second kappa shape index (κ2) is 9.48. The van der Waals surface area contributed by atoms with Crippen LogP contribution in [0.3, 0.4) is 0 Å². The van der Waals surface area contributed by atoms with Crippen molar-refractivity contribution >= 4 is 50.9 Å². The summed E-state index contributed by atoms with van der Waals surface area (Å²) >= 11 is 4.14. The van der Waals surface area contributed by atoms with Crippen LogP contribution in [0.25, 0.3) is 6.08 Å². The van der Waals surface area contributed by atoms with Crippen molar-refractivity contribution in [1.82, 2.24) is 4.90 Å². The second-order valence-electron chi connectivity index (χ2n) is 5.09. The Balaban J connectivity index is 2.28. The van der Waals surface area contributed by atoms with Crippen molar-refractivity contribution < 1.29 is 28.6 Å². The second-order valence-corrected chi connectivity index (χ2v) is 6.94. The predicted molar refractivity (Wildman–Crippen MR) is 104 cm³/mol. The van der Waals surface area contributed by atoms with Gasteiger partial charge in [0.1, 0.15) is 13.2 Å². The third kappa shape index (κ3) is 5.05.